The number of anilines is 1. The van der Waals surface area contributed by atoms with E-state index in [1.165, 1.54) is 5.56 Å². The molecule has 0 aromatic carbocycles. The molecule has 0 atom stereocenters. The molecule has 0 aliphatic rings. The molecule has 1 N–H and O–H groups in total. The second-order valence-corrected chi connectivity index (χ2v) is 4.43. The van der Waals surface area contributed by atoms with Crippen molar-refractivity contribution in [1.29, 1.82) is 0 Å². The molecule has 0 spiro atoms. The van der Waals surface area contributed by atoms with Crippen molar-refractivity contribution in [3.8, 4) is 0 Å². The molecule has 2 aromatic heterocycles. The summed E-state index contributed by atoms with van der Waals surface area (Å²) in [5.74, 6) is 0.963. The molecule has 0 saturated heterocycles. The van der Waals surface area contributed by atoms with Gasteiger partial charge in [0.05, 0.1) is 5.69 Å². The number of rotatable bonds is 6. The van der Waals surface area contributed by atoms with Gasteiger partial charge in [0, 0.05) is 30.4 Å². The van der Waals surface area contributed by atoms with Gasteiger partial charge in [0.15, 0.2) is 0 Å². The van der Waals surface area contributed by atoms with Crippen LogP contribution in [0.25, 0.3) is 0 Å². The standard InChI is InChI=1S/C15H20N4/c1-3-8-17-15-13(4-2)14(18-11-19-15)10-12-7-5-6-9-16-12/h5-7,9,11H,3-4,8,10H2,1-2H3,(H,17,18,19). The average molecular weight is 256 g/mol. The van der Waals surface area contributed by atoms with Gasteiger partial charge in [-0.3, -0.25) is 4.98 Å². The summed E-state index contributed by atoms with van der Waals surface area (Å²) in [6, 6.07) is 5.96. The van der Waals surface area contributed by atoms with E-state index in [0.29, 0.717) is 0 Å². The fourth-order valence-corrected chi connectivity index (χ4v) is 2.04. The third kappa shape index (κ3) is 3.50. The first kappa shape index (κ1) is 13.5. The maximum atomic E-state index is 4.42. The van der Waals surface area contributed by atoms with Crippen molar-refractivity contribution in [2.45, 2.75) is 33.1 Å². The van der Waals surface area contributed by atoms with Crippen molar-refractivity contribution in [2.24, 2.45) is 0 Å². The minimum atomic E-state index is 0.757. The Kier molecular flexibility index (Phi) is 4.84. The molecule has 0 unspecified atom stereocenters. The molecule has 100 valence electrons. The van der Waals surface area contributed by atoms with Gasteiger partial charge < -0.3 is 5.32 Å². The topological polar surface area (TPSA) is 50.7 Å². The van der Waals surface area contributed by atoms with Gasteiger partial charge in [0.25, 0.3) is 0 Å². The molecular weight excluding hydrogens is 236 g/mol. The number of pyridine rings is 1. The molecule has 0 radical (unpaired) electrons. The zero-order valence-corrected chi connectivity index (χ0v) is 11.6. The first-order valence-electron chi connectivity index (χ1n) is 6.81. The monoisotopic (exact) mass is 256 g/mol. The first-order valence-corrected chi connectivity index (χ1v) is 6.81. The van der Waals surface area contributed by atoms with Crippen molar-refractivity contribution in [2.75, 3.05) is 11.9 Å². The molecular formula is C15H20N4. The Morgan fingerprint density at radius 3 is 2.68 bits per heavy atom. The van der Waals surface area contributed by atoms with Crippen LogP contribution in [-0.4, -0.2) is 21.5 Å². The smallest absolute Gasteiger partial charge is 0.132 e. The van der Waals surface area contributed by atoms with E-state index in [2.05, 4.69) is 34.1 Å². The molecule has 0 aliphatic carbocycles. The summed E-state index contributed by atoms with van der Waals surface area (Å²) in [6.07, 6.45) is 6.22. The van der Waals surface area contributed by atoms with E-state index in [1.54, 1.807) is 6.33 Å². The van der Waals surface area contributed by atoms with Crippen LogP contribution in [-0.2, 0) is 12.8 Å². The van der Waals surface area contributed by atoms with Gasteiger partial charge >= 0.3 is 0 Å². The molecule has 0 bridgehead atoms. The van der Waals surface area contributed by atoms with Crippen molar-refractivity contribution < 1.29 is 0 Å². The predicted octanol–water partition coefficient (Wildman–Crippen LogP) is 2.85. The number of hydrogen-bond donors (Lipinski definition) is 1. The largest absolute Gasteiger partial charge is 0.370 e. The van der Waals surface area contributed by atoms with Crippen LogP contribution in [0.15, 0.2) is 30.7 Å². The summed E-state index contributed by atoms with van der Waals surface area (Å²) in [7, 11) is 0. The minimum absolute atomic E-state index is 0.757. The van der Waals surface area contributed by atoms with Crippen LogP contribution in [0.5, 0.6) is 0 Å². The third-order valence-corrected chi connectivity index (χ3v) is 3.01. The summed E-state index contributed by atoms with van der Waals surface area (Å²) in [5.41, 5.74) is 3.30. The van der Waals surface area contributed by atoms with Crippen molar-refractivity contribution in [3.63, 3.8) is 0 Å². The fraction of sp³-hybridized carbons (Fsp3) is 0.400. The lowest BCUT2D eigenvalue weighted by molar-refractivity contribution is 0.907. The summed E-state index contributed by atoms with van der Waals surface area (Å²) < 4.78 is 0. The van der Waals surface area contributed by atoms with Crippen LogP contribution in [0.3, 0.4) is 0 Å². The van der Waals surface area contributed by atoms with Crippen LogP contribution in [0, 0.1) is 0 Å². The molecule has 2 aromatic rings. The Hall–Kier alpha value is -1.97. The Labute approximate surface area is 114 Å². The summed E-state index contributed by atoms with van der Waals surface area (Å²) in [5, 5.41) is 3.37. The van der Waals surface area contributed by atoms with Crippen molar-refractivity contribution >= 4 is 5.82 Å². The van der Waals surface area contributed by atoms with Gasteiger partial charge in [-0.1, -0.05) is 19.9 Å². The molecule has 2 heterocycles. The van der Waals surface area contributed by atoms with Gasteiger partial charge in [0.2, 0.25) is 0 Å². The van der Waals surface area contributed by atoms with Gasteiger partial charge in [-0.25, -0.2) is 9.97 Å². The lowest BCUT2D eigenvalue weighted by atomic mass is 10.1. The maximum Gasteiger partial charge on any atom is 0.132 e. The van der Waals surface area contributed by atoms with Gasteiger partial charge in [0.1, 0.15) is 12.1 Å². The van der Waals surface area contributed by atoms with Gasteiger partial charge in [-0.2, -0.15) is 0 Å². The van der Waals surface area contributed by atoms with E-state index in [-0.39, 0.29) is 0 Å². The van der Waals surface area contributed by atoms with E-state index < -0.39 is 0 Å². The molecule has 19 heavy (non-hydrogen) atoms. The highest BCUT2D eigenvalue weighted by atomic mass is 15.0. The number of hydrogen-bond acceptors (Lipinski definition) is 4. The van der Waals surface area contributed by atoms with Crippen LogP contribution in [0.2, 0.25) is 0 Å². The second kappa shape index (κ2) is 6.83. The highest BCUT2D eigenvalue weighted by Gasteiger charge is 2.10. The lowest BCUT2D eigenvalue weighted by Crippen LogP contribution is -2.09. The van der Waals surface area contributed by atoms with Crippen LogP contribution < -0.4 is 5.32 Å². The van der Waals surface area contributed by atoms with E-state index >= 15 is 0 Å². The number of aromatic nitrogens is 3. The second-order valence-electron chi connectivity index (χ2n) is 4.43. The zero-order valence-electron chi connectivity index (χ0n) is 11.6. The Bertz CT molecular complexity index is 511. The van der Waals surface area contributed by atoms with E-state index in [1.807, 2.05) is 24.4 Å². The molecule has 4 nitrogen and oxygen atoms in total. The quantitative estimate of drug-likeness (QED) is 0.863. The SMILES string of the molecule is CCCNc1ncnc(Cc2ccccn2)c1CC. The summed E-state index contributed by atoms with van der Waals surface area (Å²) in [6.45, 7) is 5.22. The molecule has 0 aliphatic heterocycles. The normalized spacial score (nSPS) is 10.4. The van der Waals surface area contributed by atoms with E-state index in [4.69, 9.17) is 0 Å². The lowest BCUT2D eigenvalue weighted by Gasteiger charge is -2.12. The molecule has 4 heteroatoms. The Morgan fingerprint density at radius 1 is 1.11 bits per heavy atom. The first-order chi connectivity index (χ1) is 9.35. The predicted molar refractivity (Wildman–Crippen MR) is 77.2 cm³/mol. The highest BCUT2D eigenvalue weighted by molar-refractivity contribution is 5.46. The molecule has 0 fully saturated rings. The summed E-state index contributed by atoms with van der Waals surface area (Å²) >= 11 is 0. The number of nitrogens with zero attached hydrogens (tertiary/aromatic N) is 3. The average Bonchev–Trinajstić information content (AvgIpc) is 2.46. The fourth-order valence-electron chi connectivity index (χ4n) is 2.04. The number of nitrogens with one attached hydrogen (secondary N) is 1. The molecule has 0 saturated carbocycles. The van der Waals surface area contributed by atoms with Gasteiger partial charge in [-0.05, 0) is 25.0 Å². The van der Waals surface area contributed by atoms with Gasteiger partial charge in [-0.15, -0.1) is 0 Å². The van der Waals surface area contributed by atoms with Crippen molar-refractivity contribution in [1.82, 2.24) is 15.0 Å². The van der Waals surface area contributed by atoms with E-state index in [9.17, 15) is 0 Å². The summed E-state index contributed by atoms with van der Waals surface area (Å²) in [4.78, 5) is 13.1. The molecule has 0 amide bonds. The minimum Gasteiger partial charge on any atom is -0.370 e. The highest BCUT2D eigenvalue weighted by Crippen LogP contribution is 2.18. The van der Waals surface area contributed by atoms with Crippen molar-refractivity contribution in [3.05, 3.63) is 47.7 Å². The van der Waals surface area contributed by atoms with E-state index in [0.717, 1.165) is 43.0 Å². The van der Waals surface area contributed by atoms with Crippen LogP contribution in [0.4, 0.5) is 5.82 Å². The maximum absolute atomic E-state index is 4.42. The zero-order chi connectivity index (χ0) is 13.5. The van der Waals surface area contributed by atoms with Crippen LogP contribution >= 0.6 is 0 Å². The molecule has 2 rings (SSSR count). The Morgan fingerprint density at radius 2 is 2.00 bits per heavy atom. The Balaban J connectivity index is 2.24. The van der Waals surface area contributed by atoms with Crippen LogP contribution in [0.1, 0.15) is 37.2 Å². The third-order valence-electron chi connectivity index (χ3n) is 3.01.